The van der Waals surface area contributed by atoms with Crippen LogP contribution >= 0.6 is 0 Å². The van der Waals surface area contributed by atoms with Crippen molar-refractivity contribution >= 4 is 53.8 Å². The molecule has 5 aliphatic rings. The number of benzene rings is 10. The van der Waals surface area contributed by atoms with E-state index in [9.17, 15) is 0 Å². The third kappa shape index (κ3) is 5.95. The van der Waals surface area contributed by atoms with Gasteiger partial charge in [-0.3, -0.25) is 0 Å². The summed E-state index contributed by atoms with van der Waals surface area (Å²) < 4.78 is 9.11. The first-order chi connectivity index (χ1) is 34.5. The van der Waals surface area contributed by atoms with E-state index in [1.807, 2.05) is 12.1 Å². The molecule has 0 aliphatic carbocycles. The number of ether oxygens (including phenoxy) is 1. The molecule has 5 heterocycles. The first-order valence-corrected chi connectivity index (χ1v) is 25.9. The van der Waals surface area contributed by atoms with Crippen LogP contribution in [0.1, 0.15) is 11.1 Å². The summed E-state index contributed by atoms with van der Waals surface area (Å²) in [5, 5.41) is 0. The number of fused-ring (bicyclic) bond motifs is 24. The van der Waals surface area contributed by atoms with E-state index in [-0.39, 0.29) is 0 Å². The van der Waals surface area contributed by atoms with Gasteiger partial charge in [0.15, 0.2) is 0 Å². The summed E-state index contributed by atoms with van der Waals surface area (Å²) in [4.78, 5) is 10.2. The van der Waals surface area contributed by atoms with Crippen LogP contribution in [0.4, 0.5) is 45.5 Å². The maximum atomic E-state index is 6.77. The SMILES string of the molecule is Cc1cc2c3c(c1)-c1cccc(c1)-c1cccc(c1)-c1cc(C)cc(c1N1[C]4=[Pt]=[C]5N(c6[c-]c(ccc6)Oc6[c-]c(ccc6)N4c4ccccc41)c1ccccc1N53)-c1cccc(c1)-c1cccc-2c1. The van der Waals surface area contributed by atoms with Crippen molar-refractivity contribution in [3.05, 3.63) is 230 Å². The van der Waals surface area contributed by atoms with Crippen LogP contribution in [0.5, 0.6) is 11.5 Å². The Bertz CT molecular complexity index is 3610. The maximum absolute atomic E-state index is 6.77. The number of aryl methyl sites for hydroxylation is 2. The summed E-state index contributed by atoms with van der Waals surface area (Å²) in [6.45, 7) is 4.48. The first kappa shape index (κ1) is 39.6. The van der Waals surface area contributed by atoms with Gasteiger partial charge in [0, 0.05) is 0 Å². The van der Waals surface area contributed by atoms with Crippen LogP contribution in [-0.2, 0) is 17.6 Å². The third-order valence-electron chi connectivity index (χ3n) is 14.1. The molecule has 70 heavy (non-hydrogen) atoms. The number of para-hydroxylation sites is 4. The van der Waals surface area contributed by atoms with Crippen LogP contribution in [0, 0.1) is 26.0 Å². The van der Waals surface area contributed by atoms with Crippen LogP contribution in [-0.4, -0.2) is 8.29 Å². The van der Waals surface area contributed by atoms with E-state index < -0.39 is 17.6 Å². The van der Waals surface area contributed by atoms with Crippen LogP contribution in [0.2, 0.25) is 0 Å². The molecule has 0 fully saturated rings. The molecule has 6 heteroatoms. The van der Waals surface area contributed by atoms with Crippen molar-refractivity contribution in [2.75, 3.05) is 19.6 Å². The number of rotatable bonds is 0. The molecule has 10 aromatic carbocycles. The molecular weight excluding hydrogens is 1040 g/mol. The number of anilines is 8. The summed E-state index contributed by atoms with van der Waals surface area (Å²) in [6.07, 6.45) is 0. The topological polar surface area (TPSA) is 22.2 Å². The van der Waals surface area contributed by atoms with Gasteiger partial charge in [0.25, 0.3) is 0 Å². The summed E-state index contributed by atoms with van der Waals surface area (Å²) in [6, 6.07) is 84.3. The second-order valence-electron chi connectivity index (χ2n) is 18.5. The van der Waals surface area contributed by atoms with Gasteiger partial charge in [-0.05, 0) is 0 Å². The standard InChI is InChI=1S/C64H40N4O.Pt/c1-41-29-55-47-17-7-13-43(33-47)45-15-9-19-49(35-45)57-31-42(2)32-58-50-20-10-16-46(36-50)44-14-8-18-48(34-44)56(30-41)63(55)67-39-65(59-25-3-5-27-61(59)67)51-21-11-23-53(37-51)69-54-24-12-22-52(38-54)66-40-68(64(57)58)62-28-6-4-26-60(62)66;/h3-36H,1-2H3;/q-2;. The molecule has 334 valence electrons. The van der Waals surface area contributed by atoms with Gasteiger partial charge in [0.2, 0.25) is 0 Å². The molecule has 0 amide bonds. The van der Waals surface area contributed by atoms with Crippen molar-refractivity contribution in [1.29, 1.82) is 0 Å². The van der Waals surface area contributed by atoms with E-state index in [0.717, 1.165) is 90.0 Å². The van der Waals surface area contributed by atoms with Crippen molar-refractivity contribution in [1.82, 2.24) is 0 Å². The van der Waals surface area contributed by atoms with Gasteiger partial charge in [-0.1, -0.05) is 0 Å². The molecule has 15 rings (SSSR count). The quantitative estimate of drug-likeness (QED) is 0.141. The number of hydrogen-bond donors (Lipinski definition) is 0. The molecule has 0 unspecified atom stereocenters. The zero-order valence-electron chi connectivity index (χ0n) is 38.1. The van der Waals surface area contributed by atoms with Crippen molar-refractivity contribution in [2.24, 2.45) is 0 Å². The minimum absolute atomic E-state index is 0.632. The summed E-state index contributed by atoms with van der Waals surface area (Å²) in [5.74, 6) is 1.26. The Hall–Kier alpha value is -8.37. The van der Waals surface area contributed by atoms with Crippen LogP contribution in [0.3, 0.4) is 0 Å². The van der Waals surface area contributed by atoms with E-state index in [0.29, 0.717) is 11.5 Å². The first-order valence-electron chi connectivity index (χ1n) is 23.6. The second kappa shape index (κ2) is 15.1. The molecular formula is C64H40N4OPt-2. The molecule has 5 aliphatic heterocycles. The Morgan fingerprint density at radius 2 is 0.643 bits per heavy atom. The van der Waals surface area contributed by atoms with Crippen LogP contribution < -0.4 is 24.3 Å². The average molecular weight is 1080 g/mol. The fraction of sp³-hybridized carbons (Fsp3) is 0.0312. The number of hydrogen-bond acceptors (Lipinski definition) is 5. The molecule has 10 aromatic rings. The molecule has 0 saturated carbocycles. The van der Waals surface area contributed by atoms with Crippen LogP contribution in [0.15, 0.2) is 206 Å². The fourth-order valence-corrected chi connectivity index (χ4v) is 14.7. The molecule has 0 atom stereocenters. The van der Waals surface area contributed by atoms with Gasteiger partial charge in [-0.2, -0.15) is 0 Å². The normalized spacial score (nSPS) is 14.1. The van der Waals surface area contributed by atoms with E-state index in [2.05, 4.69) is 240 Å². The number of nitrogens with zero attached hydrogens (tertiary/aromatic N) is 4. The van der Waals surface area contributed by atoms with Crippen molar-refractivity contribution in [3.8, 4) is 78.3 Å². The predicted molar refractivity (Wildman–Crippen MR) is 284 cm³/mol. The van der Waals surface area contributed by atoms with Gasteiger partial charge in [0.1, 0.15) is 0 Å². The van der Waals surface area contributed by atoms with E-state index in [4.69, 9.17) is 4.74 Å². The van der Waals surface area contributed by atoms with Gasteiger partial charge in [-0.25, -0.2) is 0 Å². The van der Waals surface area contributed by atoms with Gasteiger partial charge < -0.3 is 0 Å². The Kier molecular flexibility index (Phi) is 8.52. The average Bonchev–Trinajstić information content (AvgIpc) is 3.89. The van der Waals surface area contributed by atoms with Crippen LogP contribution in [0.25, 0.3) is 66.8 Å². The molecule has 5 nitrogen and oxygen atoms in total. The Balaban J connectivity index is 1.24. The molecule has 16 bridgehead atoms. The van der Waals surface area contributed by atoms with Gasteiger partial charge in [0.05, 0.1) is 0 Å². The van der Waals surface area contributed by atoms with Crippen molar-refractivity contribution in [3.63, 3.8) is 0 Å². The molecule has 0 radical (unpaired) electrons. The third-order valence-corrected chi connectivity index (χ3v) is 17.1. The Morgan fingerprint density at radius 1 is 0.329 bits per heavy atom. The molecule has 0 spiro atoms. The molecule has 0 saturated heterocycles. The minimum atomic E-state index is -1.22. The Morgan fingerprint density at radius 3 is 1.00 bits per heavy atom. The fourth-order valence-electron chi connectivity index (χ4n) is 11.1. The summed E-state index contributed by atoms with van der Waals surface area (Å²) in [5.41, 5.74) is 24.8. The predicted octanol–water partition coefficient (Wildman–Crippen LogP) is 16.2. The van der Waals surface area contributed by atoms with Crippen molar-refractivity contribution in [2.45, 2.75) is 13.8 Å². The van der Waals surface area contributed by atoms with Crippen molar-refractivity contribution < 1.29 is 22.4 Å². The van der Waals surface area contributed by atoms with E-state index >= 15 is 0 Å². The molecule has 0 N–H and O–H groups in total. The van der Waals surface area contributed by atoms with Gasteiger partial charge in [-0.15, -0.1) is 0 Å². The van der Waals surface area contributed by atoms with E-state index in [1.165, 1.54) is 41.7 Å². The molecule has 0 aromatic heterocycles. The zero-order chi connectivity index (χ0) is 46.2. The van der Waals surface area contributed by atoms with E-state index in [1.54, 1.807) is 0 Å². The van der Waals surface area contributed by atoms with Gasteiger partial charge >= 0.3 is 417 Å². The summed E-state index contributed by atoms with van der Waals surface area (Å²) >= 11 is -1.22. The monoisotopic (exact) mass is 1080 g/mol. The second-order valence-corrected chi connectivity index (χ2v) is 21.1. The summed E-state index contributed by atoms with van der Waals surface area (Å²) in [7, 11) is 0. The Labute approximate surface area is 414 Å². The zero-order valence-corrected chi connectivity index (χ0v) is 40.4.